The number of nitrogens with zero attached hydrogens (tertiary/aromatic N) is 2. The van der Waals surface area contributed by atoms with Gasteiger partial charge < -0.3 is 5.43 Å². The Bertz CT molecular complexity index is 376. The van der Waals surface area contributed by atoms with Crippen LogP contribution in [0.4, 0.5) is 13.2 Å². The smallest absolute Gasteiger partial charge is 0.313 e. The fourth-order valence-electron chi connectivity index (χ4n) is 0.824. The van der Waals surface area contributed by atoms with E-state index in [0.717, 1.165) is 6.07 Å². The summed E-state index contributed by atoms with van der Waals surface area (Å²) in [6.45, 7) is 0. The second kappa shape index (κ2) is 4.48. The third-order valence-electron chi connectivity index (χ3n) is 1.51. The predicted molar refractivity (Wildman–Crippen MR) is 50.9 cm³/mol. The summed E-state index contributed by atoms with van der Waals surface area (Å²) in [5, 5.41) is 3.50. The second-order valence-electron chi connectivity index (χ2n) is 2.57. The van der Waals surface area contributed by atoms with Crippen molar-refractivity contribution >= 4 is 17.8 Å². The van der Waals surface area contributed by atoms with Gasteiger partial charge in [0.1, 0.15) is 5.69 Å². The molecule has 0 aliphatic carbocycles. The number of aromatic nitrogens is 1. The lowest BCUT2D eigenvalue weighted by atomic mass is 10.2. The third-order valence-corrected chi connectivity index (χ3v) is 1.82. The molecule has 0 aliphatic rings. The van der Waals surface area contributed by atoms with Crippen LogP contribution in [0, 0.1) is 0 Å². The molecule has 7 heteroatoms. The normalized spacial score (nSPS) is 12.1. The van der Waals surface area contributed by atoms with Crippen LogP contribution < -0.4 is 5.43 Å². The minimum atomic E-state index is -4.44. The number of halogens is 4. The Morgan fingerprint density at radius 3 is 2.67 bits per heavy atom. The topological polar surface area (TPSA) is 37.3 Å². The SMILES string of the molecule is CN/N=C\c1ncc(C(F)(F)F)cc1Cl. The zero-order valence-electron chi connectivity index (χ0n) is 7.64. The van der Waals surface area contributed by atoms with Gasteiger partial charge in [0.15, 0.2) is 0 Å². The first kappa shape index (κ1) is 11.8. The molecular weight excluding hydrogens is 231 g/mol. The molecule has 15 heavy (non-hydrogen) atoms. The van der Waals surface area contributed by atoms with Gasteiger partial charge in [-0.3, -0.25) is 4.98 Å². The van der Waals surface area contributed by atoms with Crippen LogP contribution in [0.5, 0.6) is 0 Å². The number of pyridine rings is 1. The molecule has 1 heterocycles. The minimum absolute atomic E-state index is 0.0937. The molecular formula is C8H7ClF3N3. The molecule has 0 unspecified atom stereocenters. The Labute approximate surface area is 89.0 Å². The van der Waals surface area contributed by atoms with E-state index in [4.69, 9.17) is 11.6 Å². The quantitative estimate of drug-likeness (QED) is 0.633. The maximum absolute atomic E-state index is 12.2. The highest BCUT2D eigenvalue weighted by Crippen LogP contribution is 2.30. The van der Waals surface area contributed by atoms with Gasteiger partial charge in [-0.15, -0.1) is 0 Å². The van der Waals surface area contributed by atoms with Crippen LogP contribution in [0.3, 0.4) is 0 Å². The maximum atomic E-state index is 12.2. The molecule has 1 aromatic heterocycles. The molecule has 0 bridgehead atoms. The van der Waals surface area contributed by atoms with E-state index >= 15 is 0 Å². The largest absolute Gasteiger partial charge is 0.417 e. The Morgan fingerprint density at radius 2 is 2.20 bits per heavy atom. The summed E-state index contributed by atoms with van der Waals surface area (Å²) < 4.78 is 36.6. The van der Waals surface area contributed by atoms with Crippen LogP contribution in [0.25, 0.3) is 0 Å². The minimum Gasteiger partial charge on any atom is -0.313 e. The maximum Gasteiger partial charge on any atom is 0.417 e. The van der Waals surface area contributed by atoms with Crippen molar-refractivity contribution in [1.29, 1.82) is 0 Å². The zero-order valence-corrected chi connectivity index (χ0v) is 8.39. The van der Waals surface area contributed by atoms with E-state index in [0.29, 0.717) is 6.20 Å². The van der Waals surface area contributed by atoms with E-state index in [1.54, 1.807) is 7.05 Å². The van der Waals surface area contributed by atoms with E-state index in [-0.39, 0.29) is 10.7 Å². The van der Waals surface area contributed by atoms with Gasteiger partial charge in [-0.25, -0.2) is 0 Å². The Kier molecular flexibility index (Phi) is 3.52. The molecule has 0 aliphatic heterocycles. The van der Waals surface area contributed by atoms with Crippen molar-refractivity contribution in [2.24, 2.45) is 5.10 Å². The zero-order chi connectivity index (χ0) is 11.5. The molecule has 3 nitrogen and oxygen atoms in total. The molecule has 0 saturated carbocycles. The number of nitrogens with one attached hydrogen (secondary N) is 1. The van der Waals surface area contributed by atoms with Crippen LogP contribution in [-0.2, 0) is 6.18 Å². The van der Waals surface area contributed by atoms with Crippen LogP contribution in [-0.4, -0.2) is 18.2 Å². The van der Waals surface area contributed by atoms with E-state index in [1.807, 2.05) is 0 Å². The monoisotopic (exact) mass is 237 g/mol. The first-order valence-corrected chi connectivity index (χ1v) is 4.25. The highest BCUT2D eigenvalue weighted by Gasteiger charge is 2.31. The predicted octanol–water partition coefficient (Wildman–Crippen LogP) is 2.31. The van der Waals surface area contributed by atoms with E-state index in [2.05, 4.69) is 15.5 Å². The van der Waals surface area contributed by atoms with Gasteiger partial charge in [0, 0.05) is 13.2 Å². The number of hydrogen-bond donors (Lipinski definition) is 1. The summed E-state index contributed by atoms with van der Waals surface area (Å²) in [4.78, 5) is 3.54. The highest BCUT2D eigenvalue weighted by atomic mass is 35.5. The van der Waals surface area contributed by atoms with Crippen LogP contribution in [0.2, 0.25) is 5.02 Å². The lowest BCUT2D eigenvalue weighted by Gasteiger charge is -2.06. The van der Waals surface area contributed by atoms with Crippen LogP contribution in [0.1, 0.15) is 11.3 Å². The molecule has 0 aromatic carbocycles. The van der Waals surface area contributed by atoms with Crippen molar-refractivity contribution in [3.63, 3.8) is 0 Å². The standard InChI is InChI=1S/C8H7ClF3N3/c1-13-15-4-7-6(9)2-5(3-14-7)8(10,11)12/h2-4,13H,1H3/b15-4-. The average molecular weight is 238 g/mol. The van der Waals surface area contributed by atoms with E-state index in [9.17, 15) is 13.2 Å². The van der Waals surface area contributed by atoms with Crippen molar-refractivity contribution in [3.05, 3.63) is 28.5 Å². The average Bonchev–Trinajstić information content (AvgIpc) is 2.14. The third kappa shape index (κ3) is 3.09. The van der Waals surface area contributed by atoms with Gasteiger partial charge in [0.25, 0.3) is 0 Å². The Balaban J connectivity index is 3.04. The van der Waals surface area contributed by atoms with Gasteiger partial charge in [0.05, 0.1) is 16.8 Å². The molecule has 0 atom stereocenters. The first-order chi connectivity index (χ1) is 6.95. The summed E-state index contributed by atoms with van der Waals surface area (Å²) >= 11 is 5.59. The fraction of sp³-hybridized carbons (Fsp3) is 0.250. The molecule has 1 rings (SSSR count). The summed E-state index contributed by atoms with van der Waals surface area (Å²) in [6.07, 6.45) is -2.49. The fourth-order valence-corrected chi connectivity index (χ4v) is 1.04. The molecule has 82 valence electrons. The molecule has 1 N–H and O–H groups in total. The molecule has 0 fully saturated rings. The summed E-state index contributed by atoms with van der Waals surface area (Å²) in [7, 11) is 1.55. The molecule has 1 aromatic rings. The lowest BCUT2D eigenvalue weighted by molar-refractivity contribution is -0.137. The summed E-state index contributed by atoms with van der Waals surface area (Å²) in [5.74, 6) is 0. The highest BCUT2D eigenvalue weighted by molar-refractivity contribution is 6.32. The summed E-state index contributed by atoms with van der Waals surface area (Å²) in [6, 6.07) is 0.811. The van der Waals surface area contributed by atoms with E-state index < -0.39 is 11.7 Å². The van der Waals surface area contributed by atoms with Crippen molar-refractivity contribution in [2.75, 3.05) is 7.05 Å². The van der Waals surface area contributed by atoms with Crippen LogP contribution in [0.15, 0.2) is 17.4 Å². The van der Waals surface area contributed by atoms with Gasteiger partial charge in [-0.05, 0) is 6.07 Å². The first-order valence-electron chi connectivity index (χ1n) is 3.87. The summed E-state index contributed by atoms with van der Waals surface area (Å²) in [5.41, 5.74) is 1.74. The molecule has 0 spiro atoms. The number of hydrogen-bond acceptors (Lipinski definition) is 3. The van der Waals surface area contributed by atoms with Crippen LogP contribution >= 0.6 is 11.6 Å². The van der Waals surface area contributed by atoms with Crippen molar-refractivity contribution in [1.82, 2.24) is 10.4 Å². The van der Waals surface area contributed by atoms with Crippen molar-refractivity contribution < 1.29 is 13.2 Å². The number of rotatable bonds is 2. The number of alkyl halides is 3. The lowest BCUT2D eigenvalue weighted by Crippen LogP contribution is -2.07. The Hall–Kier alpha value is -1.30. The van der Waals surface area contributed by atoms with Gasteiger partial charge in [0.2, 0.25) is 0 Å². The van der Waals surface area contributed by atoms with Crippen molar-refractivity contribution in [2.45, 2.75) is 6.18 Å². The number of hydrazone groups is 1. The van der Waals surface area contributed by atoms with Crippen molar-refractivity contribution in [3.8, 4) is 0 Å². The van der Waals surface area contributed by atoms with Gasteiger partial charge in [-0.1, -0.05) is 11.6 Å². The molecule has 0 saturated heterocycles. The van der Waals surface area contributed by atoms with Gasteiger partial charge in [-0.2, -0.15) is 18.3 Å². The molecule has 0 radical (unpaired) electrons. The molecule has 0 amide bonds. The van der Waals surface area contributed by atoms with Gasteiger partial charge >= 0.3 is 6.18 Å². The second-order valence-corrected chi connectivity index (χ2v) is 2.98. The Morgan fingerprint density at radius 1 is 1.53 bits per heavy atom. The van der Waals surface area contributed by atoms with E-state index in [1.165, 1.54) is 6.21 Å².